The van der Waals surface area contributed by atoms with Crippen LogP contribution >= 0.6 is 22.7 Å². The number of nitrogens with one attached hydrogen (secondary N) is 4. The van der Waals surface area contributed by atoms with Gasteiger partial charge >= 0.3 is 32.5 Å². The Balaban J connectivity index is 0.000000190. The molecule has 9 aromatic rings. The summed E-state index contributed by atoms with van der Waals surface area (Å²) in [4.78, 5) is 79.3. The fourth-order valence-electron chi connectivity index (χ4n) is 8.24. The summed E-state index contributed by atoms with van der Waals surface area (Å²) in [6.07, 6.45) is 6.14. The van der Waals surface area contributed by atoms with Crippen LogP contribution in [0.5, 0.6) is 0 Å². The molecule has 402 valence electrons. The van der Waals surface area contributed by atoms with E-state index in [0.717, 1.165) is 48.3 Å². The van der Waals surface area contributed by atoms with Crippen molar-refractivity contribution in [3.8, 4) is 0 Å². The molecule has 0 fully saturated rings. The van der Waals surface area contributed by atoms with Crippen LogP contribution < -0.4 is 34.2 Å². The molecule has 10 rings (SSSR count). The number of carbonyl (C=O) groups is 4. The van der Waals surface area contributed by atoms with Gasteiger partial charge in [-0.3, -0.25) is 9.59 Å². The lowest BCUT2D eigenvalue weighted by Crippen LogP contribution is -2.54. The van der Waals surface area contributed by atoms with Gasteiger partial charge in [0.2, 0.25) is 11.8 Å². The van der Waals surface area contributed by atoms with Gasteiger partial charge < -0.3 is 20.4 Å². The third-order valence-electron chi connectivity index (χ3n) is 11.9. The van der Waals surface area contributed by atoms with E-state index in [1.807, 2.05) is 9.44 Å². The SMILES string of the molecule is CN(C(=O)[C@H](Cc1cc(F)cc(F)c1)NC(=O)NS(=O)(=O)N1CCc2cncnc21)c1ccc2scnc2c1.CN(C(=O)[C@H](Cc1cc(F)cc(F)c1)NC(=O)NS(=O)(=O)n1ccc2cncnc21)c1ccc2scnc2c1. The number of benzene rings is 4. The fraction of sp³-hybridized carbons (Fsp3) is 0.167. The zero-order valence-electron chi connectivity index (χ0n) is 40.4. The van der Waals surface area contributed by atoms with Crippen molar-refractivity contribution in [2.45, 2.75) is 31.3 Å². The molecule has 4 N–H and O–H groups in total. The Hall–Kier alpha value is -8.74. The number of likely N-dealkylation sites (N-methyl/N-ethyl adjacent to an activating group) is 2. The van der Waals surface area contributed by atoms with Crippen molar-refractivity contribution in [2.75, 3.05) is 34.7 Å². The number of rotatable bonds is 14. The van der Waals surface area contributed by atoms with Gasteiger partial charge in [-0.05, 0) is 84.3 Å². The Labute approximate surface area is 448 Å². The first kappa shape index (κ1) is 54.1. The van der Waals surface area contributed by atoms with Gasteiger partial charge in [-0.1, -0.05) is 0 Å². The van der Waals surface area contributed by atoms with Crippen molar-refractivity contribution in [1.82, 2.24) is 54.0 Å². The largest absolute Gasteiger partial charge is 0.332 e. The molecular formula is C48H40F4N14O8S4. The molecule has 0 spiro atoms. The number of halogens is 4. The van der Waals surface area contributed by atoms with Crippen LogP contribution in [0.1, 0.15) is 16.7 Å². The van der Waals surface area contributed by atoms with E-state index in [-0.39, 0.29) is 42.0 Å². The fourth-order valence-corrected chi connectivity index (χ4v) is 11.7. The summed E-state index contributed by atoms with van der Waals surface area (Å²) in [5.74, 6) is -4.63. The smallest absolute Gasteiger partial charge is 0.325 e. The molecule has 0 saturated heterocycles. The number of carbonyl (C=O) groups excluding carboxylic acids is 4. The highest BCUT2D eigenvalue weighted by Gasteiger charge is 2.34. The summed E-state index contributed by atoms with van der Waals surface area (Å²) in [6, 6.07) is 12.0. The second kappa shape index (κ2) is 22.5. The van der Waals surface area contributed by atoms with Gasteiger partial charge in [0.1, 0.15) is 53.8 Å². The lowest BCUT2D eigenvalue weighted by molar-refractivity contribution is -0.120. The molecule has 2 atom stereocenters. The van der Waals surface area contributed by atoms with Crippen LogP contribution in [0.25, 0.3) is 31.5 Å². The van der Waals surface area contributed by atoms with E-state index in [1.165, 1.54) is 77.6 Å². The summed E-state index contributed by atoms with van der Waals surface area (Å²) >= 11 is 2.85. The molecule has 0 radical (unpaired) electrons. The highest BCUT2D eigenvalue weighted by molar-refractivity contribution is 7.91. The Morgan fingerprint density at radius 2 is 1.12 bits per heavy atom. The zero-order chi connectivity index (χ0) is 55.5. The molecule has 22 nitrogen and oxygen atoms in total. The summed E-state index contributed by atoms with van der Waals surface area (Å²) in [5.41, 5.74) is 6.33. The van der Waals surface area contributed by atoms with Crippen molar-refractivity contribution in [2.24, 2.45) is 0 Å². The minimum Gasteiger partial charge on any atom is -0.325 e. The van der Waals surface area contributed by atoms with Crippen molar-refractivity contribution in [3.05, 3.63) is 161 Å². The number of hydrogen-bond acceptors (Lipinski definition) is 16. The monoisotopic (exact) mass is 1140 g/mol. The van der Waals surface area contributed by atoms with Crippen molar-refractivity contribution >= 4 is 116 Å². The molecule has 5 aromatic heterocycles. The number of amides is 6. The second-order valence-electron chi connectivity index (χ2n) is 17.1. The Morgan fingerprint density at radius 1 is 0.628 bits per heavy atom. The first-order chi connectivity index (χ1) is 37.2. The molecule has 4 aromatic carbocycles. The van der Waals surface area contributed by atoms with Gasteiger partial charge in [-0.2, -0.15) is 16.8 Å². The van der Waals surface area contributed by atoms with Crippen LogP contribution in [0.15, 0.2) is 121 Å². The number of urea groups is 2. The second-order valence-corrected chi connectivity index (χ2v) is 22.1. The topological polar surface area (TPSA) is 277 Å². The summed E-state index contributed by atoms with van der Waals surface area (Å²) in [6.45, 7) is 0.0450. The molecule has 0 saturated carbocycles. The summed E-state index contributed by atoms with van der Waals surface area (Å²) < 4.78 is 114. The molecule has 1 aliphatic heterocycles. The third kappa shape index (κ3) is 12.3. The average Bonchev–Trinajstić information content (AvgIpc) is 4.23. The van der Waals surface area contributed by atoms with Gasteiger partial charge in [0.25, 0.3) is 0 Å². The van der Waals surface area contributed by atoms with E-state index in [1.54, 1.807) is 47.4 Å². The average molecular weight is 1150 g/mol. The van der Waals surface area contributed by atoms with E-state index in [9.17, 15) is 53.6 Å². The molecule has 0 unspecified atom stereocenters. The van der Waals surface area contributed by atoms with E-state index < -0.39 is 79.6 Å². The molecule has 6 heterocycles. The molecule has 78 heavy (non-hydrogen) atoms. The van der Waals surface area contributed by atoms with E-state index in [4.69, 9.17) is 0 Å². The van der Waals surface area contributed by atoms with Gasteiger partial charge in [0.05, 0.1) is 31.5 Å². The number of anilines is 3. The van der Waals surface area contributed by atoms with Crippen LogP contribution in [-0.2, 0) is 49.3 Å². The zero-order valence-corrected chi connectivity index (χ0v) is 43.7. The first-order valence-corrected chi connectivity index (χ1v) is 27.5. The van der Waals surface area contributed by atoms with E-state index in [0.29, 0.717) is 51.9 Å². The van der Waals surface area contributed by atoms with Gasteiger partial charge in [-0.15, -0.1) is 22.7 Å². The maximum Gasteiger partial charge on any atom is 0.332 e. The molecule has 0 aliphatic carbocycles. The van der Waals surface area contributed by atoms with E-state index in [2.05, 4.69) is 40.5 Å². The van der Waals surface area contributed by atoms with Crippen molar-refractivity contribution in [3.63, 3.8) is 0 Å². The van der Waals surface area contributed by atoms with Crippen LogP contribution in [0.3, 0.4) is 0 Å². The maximum absolute atomic E-state index is 13.9. The highest BCUT2D eigenvalue weighted by Crippen LogP contribution is 2.28. The summed E-state index contributed by atoms with van der Waals surface area (Å²) in [7, 11) is -5.95. The van der Waals surface area contributed by atoms with Crippen LogP contribution in [0.4, 0.5) is 44.3 Å². The van der Waals surface area contributed by atoms with Crippen LogP contribution in [-0.4, -0.2) is 107 Å². The quantitative estimate of drug-likeness (QED) is 0.0975. The molecule has 6 amide bonds. The Kier molecular flexibility index (Phi) is 15.6. The lowest BCUT2D eigenvalue weighted by Gasteiger charge is -2.26. The lowest BCUT2D eigenvalue weighted by atomic mass is 10.0. The Bertz CT molecular complexity index is 3980. The predicted octanol–water partition coefficient (Wildman–Crippen LogP) is 5.53. The van der Waals surface area contributed by atoms with Crippen molar-refractivity contribution in [1.29, 1.82) is 0 Å². The van der Waals surface area contributed by atoms with E-state index >= 15 is 0 Å². The normalized spacial score (nSPS) is 13.0. The molecular weight excluding hydrogens is 1100 g/mol. The van der Waals surface area contributed by atoms with Crippen molar-refractivity contribution < 1.29 is 53.6 Å². The van der Waals surface area contributed by atoms with Gasteiger partial charge in [0, 0.05) is 86.5 Å². The Morgan fingerprint density at radius 3 is 1.64 bits per heavy atom. The third-order valence-corrected chi connectivity index (χ3v) is 16.1. The number of thiazole rings is 2. The minimum atomic E-state index is -4.48. The number of nitrogens with zero attached hydrogens (tertiary/aromatic N) is 10. The maximum atomic E-state index is 13.9. The molecule has 0 bridgehead atoms. The standard InChI is InChI=1S/C24H21F2N7O4S2.C24H19F2N7O4S2/c2*1-32(18-2-3-21-19(10-18)29-13-38-21)23(34)20(8-14-6-16(25)9-17(26)7-14)30-24(35)31-39(36,37)33-5-4-15-11-27-12-28-22(15)33/h2-3,6-7,9-13,20H,4-5,8H2,1H3,(H2,30,31,35);2-7,9-13,20H,8H2,1H3,(H2,30,31,35)/t2*20-/m00/s1. The first-order valence-electron chi connectivity index (χ1n) is 22.8. The van der Waals surface area contributed by atoms with Crippen LogP contribution in [0.2, 0.25) is 0 Å². The summed E-state index contributed by atoms with van der Waals surface area (Å²) in [5, 5.41) is 5.10. The minimum absolute atomic E-state index is 0.0327. The van der Waals surface area contributed by atoms with Gasteiger partial charge in [0.15, 0.2) is 5.65 Å². The van der Waals surface area contributed by atoms with Crippen LogP contribution in [0, 0.1) is 23.3 Å². The molecule has 1 aliphatic rings. The number of hydrogen-bond donors (Lipinski definition) is 4. The predicted molar refractivity (Wildman–Crippen MR) is 281 cm³/mol. The highest BCUT2D eigenvalue weighted by atomic mass is 32.2. The number of aromatic nitrogens is 7. The molecule has 30 heteroatoms. The number of fused-ring (bicyclic) bond motifs is 4. The van der Waals surface area contributed by atoms with Gasteiger partial charge in [-0.25, -0.2) is 74.8 Å².